The quantitative estimate of drug-likeness (QED) is 0.0466. The van der Waals surface area contributed by atoms with E-state index in [1.807, 2.05) is 36.4 Å². The fourth-order valence-corrected chi connectivity index (χ4v) is 10.4. The molecule has 0 spiro atoms. The van der Waals surface area contributed by atoms with Gasteiger partial charge in [-0.25, -0.2) is 0 Å². The van der Waals surface area contributed by atoms with E-state index in [0.717, 1.165) is 132 Å². The molecule has 0 amide bonds. The zero-order chi connectivity index (χ0) is 43.6. The van der Waals surface area contributed by atoms with Gasteiger partial charge in [-0.1, -0.05) is 153 Å². The Morgan fingerprint density at radius 3 is 0.984 bits per heavy atom. The van der Waals surface area contributed by atoms with Crippen molar-refractivity contribution in [1.29, 1.82) is 0 Å². The second-order valence-electron chi connectivity index (χ2n) is 18.3. The number of hydrogen-bond acceptors (Lipinski definition) is 6. The molecule has 0 atom stereocenters. The minimum Gasteiger partial charge on any atom is -0.851 e. The van der Waals surface area contributed by atoms with Crippen LogP contribution in [0.4, 0.5) is 11.4 Å². The number of hydrogen-bond donors (Lipinski definition) is 2. The first-order valence-corrected chi connectivity index (χ1v) is 24.5. The monoisotopic (exact) mass is 837 g/mol. The van der Waals surface area contributed by atoms with Crippen LogP contribution in [0.2, 0.25) is 0 Å². The van der Waals surface area contributed by atoms with Crippen molar-refractivity contribution < 1.29 is 20.4 Å². The van der Waals surface area contributed by atoms with E-state index in [9.17, 15) is 20.4 Å². The SMILES string of the molecule is CCCCCCN(CCCCCC)c1cc(O)c(C2C([O-])C(c3c(O)cc(N(CCCCCC)CCCCCC)c4cc5ccccc5cc34)C2[O-])c2cc3ccccc3cc12. The molecular weight excluding hydrogens is 765 g/mol. The summed E-state index contributed by atoms with van der Waals surface area (Å²) in [6, 6.07) is 28.7. The van der Waals surface area contributed by atoms with Crippen LogP contribution >= 0.6 is 0 Å². The maximum absolute atomic E-state index is 15.0. The van der Waals surface area contributed by atoms with Crippen LogP contribution in [0.5, 0.6) is 11.5 Å². The zero-order valence-electron chi connectivity index (χ0n) is 38.1. The Morgan fingerprint density at radius 2 is 0.694 bits per heavy atom. The maximum Gasteiger partial charge on any atom is 0.121 e. The summed E-state index contributed by atoms with van der Waals surface area (Å²) in [7, 11) is 0. The van der Waals surface area contributed by atoms with E-state index in [4.69, 9.17) is 0 Å². The molecule has 2 N–H and O–H groups in total. The van der Waals surface area contributed by atoms with Gasteiger partial charge in [0.05, 0.1) is 0 Å². The van der Waals surface area contributed by atoms with Crippen molar-refractivity contribution in [3.05, 3.63) is 96.1 Å². The zero-order valence-corrected chi connectivity index (χ0v) is 38.1. The number of unbranched alkanes of at least 4 members (excludes halogenated alkanes) is 12. The first-order valence-electron chi connectivity index (χ1n) is 24.5. The smallest absolute Gasteiger partial charge is 0.121 e. The first-order chi connectivity index (χ1) is 30.3. The summed E-state index contributed by atoms with van der Waals surface area (Å²) in [5.41, 5.74) is 2.86. The van der Waals surface area contributed by atoms with Crippen molar-refractivity contribution in [2.75, 3.05) is 36.0 Å². The van der Waals surface area contributed by atoms with Gasteiger partial charge < -0.3 is 30.2 Å². The standard InChI is InChI=1S/C56H72N2O4/c1-5-9-13-21-29-57(30-22-14-10-6-2)47-37-49(59)51(45-35-41-27-19-17-25-39(41)33-43(45)47)53-55(61)54(56(53)62)52-46-36-42-28-20-18-26-40(42)34-44(46)48(38-50(52)60)58(31-23-15-11-7-3)32-24-16-12-8-4/h17-20,25-28,33-38,53-56,59-60H,5-16,21-24,29-32H2,1-4H3/q-2. The van der Waals surface area contributed by atoms with Gasteiger partial charge in [0.1, 0.15) is 11.5 Å². The fourth-order valence-electron chi connectivity index (χ4n) is 10.4. The molecule has 6 aromatic rings. The van der Waals surface area contributed by atoms with Crippen molar-refractivity contribution >= 4 is 54.5 Å². The highest BCUT2D eigenvalue weighted by Crippen LogP contribution is 2.55. The van der Waals surface area contributed by atoms with Crippen LogP contribution in [-0.2, 0) is 0 Å². The molecule has 6 aromatic carbocycles. The Bertz CT molecular complexity index is 2190. The number of nitrogens with zero attached hydrogens (tertiary/aromatic N) is 2. The lowest BCUT2D eigenvalue weighted by Gasteiger charge is -2.62. The minimum absolute atomic E-state index is 0.0252. The largest absolute Gasteiger partial charge is 0.851 e. The number of phenols is 2. The molecule has 1 saturated carbocycles. The Labute approximate surface area is 371 Å². The molecule has 0 bridgehead atoms. The van der Waals surface area contributed by atoms with Crippen LogP contribution in [0.25, 0.3) is 43.1 Å². The lowest BCUT2D eigenvalue weighted by atomic mass is 9.61. The normalized spacial score (nSPS) is 17.6. The molecule has 0 unspecified atom stereocenters. The molecule has 0 radical (unpaired) electrons. The lowest BCUT2D eigenvalue weighted by Crippen LogP contribution is -2.63. The second kappa shape index (κ2) is 21.7. The predicted molar refractivity (Wildman–Crippen MR) is 260 cm³/mol. The van der Waals surface area contributed by atoms with Crippen LogP contribution in [0.3, 0.4) is 0 Å². The average molecular weight is 837 g/mol. The number of fused-ring (bicyclic) bond motifs is 4. The molecule has 332 valence electrons. The third-order valence-corrected chi connectivity index (χ3v) is 13.9. The summed E-state index contributed by atoms with van der Waals surface area (Å²) in [6.07, 6.45) is 15.6. The first kappa shape index (κ1) is 45.5. The molecule has 7 rings (SSSR count). The number of rotatable bonds is 24. The average Bonchev–Trinajstić information content (AvgIpc) is 3.28. The highest BCUT2D eigenvalue weighted by Gasteiger charge is 2.43. The number of anilines is 2. The Kier molecular flexibility index (Phi) is 15.9. The van der Waals surface area contributed by atoms with Crippen LogP contribution < -0.4 is 20.0 Å². The van der Waals surface area contributed by atoms with E-state index in [1.165, 1.54) is 51.4 Å². The molecular formula is C56H72N2O4-2. The molecule has 0 heterocycles. The summed E-state index contributed by atoms with van der Waals surface area (Å²) < 4.78 is 0. The topological polar surface area (TPSA) is 93.1 Å². The summed E-state index contributed by atoms with van der Waals surface area (Å²) in [5, 5.41) is 62.0. The van der Waals surface area contributed by atoms with E-state index < -0.39 is 24.0 Å². The summed E-state index contributed by atoms with van der Waals surface area (Å²) in [6.45, 7) is 12.5. The van der Waals surface area contributed by atoms with Crippen LogP contribution in [0.15, 0.2) is 84.9 Å². The van der Waals surface area contributed by atoms with Gasteiger partial charge in [0.2, 0.25) is 0 Å². The molecule has 1 aliphatic carbocycles. The summed E-state index contributed by atoms with van der Waals surface area (Å²) in [5.74, 6) is -1.89. The highest BCUT2D eigenvalue weighted by atomic mass is 16.3. The third kappa shape index (κ3) is 9.82. The molecule has 6 heteroatoms. The molecule has 62 heavy (non-hydrogen) atoms. The molecule has 1 aliphatic rings. The Balaban J connectivity index is 1.31. The summed E-state index contributed by atoms with van der Waals surface area (Å²) in [4.78, 5) is 4.87. The van der Waals surface area contributed by atoms with Crippen molar-refractivity contribution in [2.24, 2.45) is 0 Å². The van der Waals surface area contributed by atoms with Crippen LogP contribution in [0, 0.1) is 0 Å². The molecule has 0 aromatic heterocycles. The van der Waals surface area contributed by atoms with Crippen molar-refractivity contribution in [2.45, 2.75) is 154 Å². The maximum atomic E-state index is 15.0. The van der Waals surface area contributed by atoms with Crippen molar-refractivity contribution in [1.82, 2.24) is 0 Å². The van der Waals surface area contributed by atoms with Gasteiger partial charge in [-0.15, -0.1) is 12.2 Å². The van der Waals surface area contributed by atoms with Gasteiger partial charge in [-0.2, -0.15) is 0 Å². The predicted octanol–water partition coefficient (Wildman–Crippen LogP) is 13.0. The highest BCUT2D eigenvalue weighted by molar-refractivity contribution is 6.08. The fraction of sp³-hybridized carbons (Fsp3) is 0.500. The van der Waals surface area contributed by atoms with E-state index >= 15 is 0 Å². The summed E-state index contributed by atoms with van der Waals surface area (Å²) >= 11 is 0. The lowest BCUT2D eigenvalue weighted by molar-refractivity contribution is -0.535. The van der Waals surface area contributed by atoms with Crippen LogP contribution in [-0.4, -0.2) is 48.6 Å². The van der Waals surface area contributed by atoms with Gasteiger partial charge >= 0.3 is 0 Å². The molecule has 0 saturated heterocycles. The van der Waals surface area contributed by atoms with Gasteiger partial charge in [-0.05, 0) is 94.1 Å². The third-order valence-electron chi connectivity index (χ3n) is 13.9. The van der Waals surface area contributed by atoms with Gasteiger partial charge in [0.15, 0.2) is 0 Å². The number of phenolic OH excluding ortho intramolecular Hbond substituents is 2. The van der Waals surface area contributed by atoms with Gasteiger partial charge in [0.25, 0.3) is 0 Å². The van der Waals surface area contributed by atoms with Gasteiger partial charge in [0, 0.05) is 71.6 Å². The van der Waals surface area contributed by atoms with Crippen molar-refractivity contribution in [3.8, 4) is 11.5 Å². The Morgan fingerprint density at radius 1 is 0.403 bits per heavy atom. The van der Waals surface area contributed by atoms with E-state index in [-0.39, 0.29) is 11.5 Å². The van der Waals surface area contributed by atoms with Crippen LogP contribution in [0.1, 0.15) is 153 Å². The second-order valence-corrected chi connectivity index (χ2v) is 18.3. The Hall–Kier alpha value is -4.52. The van der Waals surface area contributed by atoms with Gasteiger partial charge in [-0.3, -0.25) is 0 Å². The van der Waals surface area contributed by atoms with E-state index in [0.29, 0.717) is 11.1 Å². The van der Waals surface area contributed by atoms with E-state index in [2.05, 4.69) is 86.0 Å². The molecule has 6 nitrogen and oxygen atoms in total. The molecule has 0 aliphatic heterocycles. The van der Waals surface area contributed by atoms with Crippen molar-refractivity contribution in [3.63, 3.8) is 0 Å². The number of aromatic hydroxyl groups is 2. The minimum atomic E-state index is -1.35. The number of benzene rings is 6. The molecule has 1 fully saturated rings. The van der Waals surface area contributed by atoms with E-state index in [1.54, 1.807) is 0 Å².